The maximum atomic E-state index is 12.9. The molecule has 0 radical (unpaired) electrons. The maximum Gasteiger partial charge on any atom is 0.313 e. The highest BCUT2D eigenvalue weighted by molar-refractivity contribution is 7.80. The largest absolute Gasteiger partial charge is 0.469 e. The second kappa shape index (κ2) is 6.24. The SMILES string of the molecule is COC(=O)[C@H]1C=C[C@@H](C)[C@H]2C(=O)N(Cc3ccccc3)C(=S)[C@H]21. The molecule has 1 aliphatic carbocycles. The Balaban J connectivity index is 1.91. The number of nitrogens with zero attached hydrogens (tertiary/aromatic N) is 1. The zero-order valence-corrected chi connectivity index (χ0v) is 14.0. The highest BCUT2D eigenvalue weighted by Crippen LogP contribution is 2.43. The Hall–Kier alpha value is -2.01. The second-order valence-corrected chi connectivity index (χ2v) is 6.51. The maximum absolute atomic E-state index is 12.9. The molecule has 120 valence electrons. The van der Waals surface area contributed by atoms with Crippen LogP contribution >= 0.6 is 12.2 Å². The van der Waals surface area contributed by atoms with Crippen LogP contribution in [0, 0.1) is 23.7 Å². The lowest BCUT2D eigenvalue weighted by atomic mass is 9.72. The summed E-state index contributed by atoms with van der Waals surface area (Å²) >= 11 is 5.58. The molecule has 0 unspecified atom stereocenters. The number of ether oxygens (including phenoxy) is 1. The quantitative estimate of drug-likeness (QED) is 0.486. The molecule has 0 N–H and O–H groups in total. The lowest BCUT2D eigenvalue weighted by Gasteiger charge is -2.29. The van der Waals surface area contributed by atoms with E-state index in [9.17, 15) is 9.59 Å². The molecule has 0 aromatic heterocycles. The summed E-state index contributed by atoms with van der Waals surface area (Å²) in [6, 6.07) is 9.75. The highest BCUT2D eigenvalue weighted by atomic mass is 32.1. The molecule has 3 rings (SSSR count). The second-order valence-electron chi connectivity index (χ2n) is 6.09. The molecule has 23 heavy (non-hydrogen) atoms. The van der Waals surface area contributed by atoms with E-state index in [-0.39, 0.29) is 29.6 Å². The van der Waals surface area contributed by atoms with Crippen molar-refractivity contribution in [1.29, 1.82) is 0 Å². The third-order valence-electron chi connectivity index (χ3n) is 4.72. The molecule has 2 aliphatic rings. The van der Waals surface area contributed by atoms with Crippen LogP contribution in [-0.4, -0.2) is 28.9 Å². The summed E-state index contributed by atoms with van der Waals surface area (Å²) in [5.74, 6) is -1.30. The molecule has 5 heteroatoms. The van der Waals surface area contributed by atoms with Crippen molar-refractivity contribution < 1.29 is 14.3 Å². The summed E-state index contributed by atoms with van der Waals surface area (Å²) in [6.45, 7) is 2.44. The molecule has 1 aliphatic heterocycles. The molecular formula is C18H19NO3S. The molecule has 1 aromatic carbocycles. The van der Waals surface area contributed by atoms with Gasteiger partial charge in [-0.1, -0.05) is 61.6 Å². The standard InChI is InChI=1S/C18H19NO3S/c1-11-8-9-13(18(21)22-2)15-14(11)16(20)19(17(15)23)10-12-6-4-3-5-7-12/h3-9,11,13-15H,10H2,1-2H3/t11-,13+,14-,15+/m1/s1. The Morgan fingerprint density at radius 3 is 2.57 bits per heavy atom. The van der Waals surface area contributed by atoms with Gasteiger partial charge in [-0.25, -0.2) is 0 Å². The van der Waals surface area contributed by atoms with E-state index in [0.29, 0.717) is 11.5 Å². The van der Waals surface area contributed by atoms with Crippen LogP contribution in [0.25, 0.3) is 0 Å². The fraction of sp³-hybridized carbons (Fsp3) is 0.389. The van der Waals surface area contributed by atoms with Crippen LogP contribution in [0.15, 0.2) is 42.5 Å². The number of amides is 1. The van der Waals surface area contributed by atoms with Crippen LogP contribution in [0.1, 0.15) is 12.5 Å². The van der Waals surface area contributed by atoms with Crippen LogP contribution in [0.2, 0.25) is 0 Å². The van der Waals surface area contributed by atoms with Crippen molar-refractivity contribution in [2.24, 2.45) is 23.7 Å². The molecule has 0 saturated carbocycles. The summed E-state index contributed by atoms with van der Waals surface area (Å²) in [5, 5.41) is 0. The van der Waals surface area contributed by atoms with Crippen molar-refractivity contribution in [2.75, 3.05) is 7.11 Å². The number of carbonyl (C=O) groups excluding carboxylic acids is 2. The molecule has 4 atom stereocenters. The van der Waals surface area contributed by atoms with Crippen molar-refractivity contribution in [2.45, 2.75) is 13.5 Å². The normalized spacial score (nSPS) is 29.6. The zero-order chi connectivity index (χ0) is 16.6. The molecular weight excluding hydrogens is 310 g/mol. The van der Waals surface area contributed by atoms with E-state index in [1.54, 1.807) is 4.90 Å². The minimum Gasteiger partial charge on any atom is -0.469 e. The highest BCUT2D eigenvalue weighted by Gasteiger charge is 2.53. The number of likely N-dealkylation sites (tertiary alicyclic amines) is 1. The fourth-order valence-electron chi connectivity index (χ4n) is 3.52. The number of hydrogen-bond donors (Lipinski definition) is 0. The van der Waals surface area contributed by atoms with E-state index in [1.807, 2.05) is 49.4 Å². The van der Waals surface area contributed by atoms with Gasteiger partial charge in [0.25, 0.3) is 0 Å². The number of thiocarbonyl (C=S) groups is 1. The Labute approximate surface area is 141 Å². The van der Waals surface area contributed by atoms with Gasteiger partial charge in [-0.2, -0.15) is 0 Å². The van der Waals surface area contributed by atoms with Gasteiger partial charge in [-0.3, -0.25) is 9.59 Å². The molecule has 1 amide bonds. The van der Waals surface area contributed by atoms with Crippen LogP contribution in [0.3, 0.4) is 0 Å². The minimum absolute atomic E-state index is 0.00889. The number of esters is 1. The number of methoxy groups -OCH3 is 1. The van der Waals surface area contributed by atoms with Crippen molar-refractivity contribution in [3.8, 4) is 0 Å². The van der Waals surface area contributed by atoms with E-state index in [4.69, 9.17) is 17.0 Å². The molecule has 1 saturated heterocycles. The summed E-state index contributed by atoms with van der Waals surface area (Å²) in [4.78, 5) is 27.1. The van der Waals surface area contributed by atoms with Gasteiger partial charge in [0, 0.05) is 5.92 Å². The number of allylic oxidation sites excluding steroid dienone is 1. The lowest BCUT2D eigenvalue weighted by molar-refractivity contribution is -0.145. The Bertz CT molecular complexity index is 670. The monoisotopic (exact) mass is 329 g/mol. The third kappa shape index (κ3) is 2.70. The van der Waals surface area contributed by atoms with E-state index >= 15 is 0 Å². The number of hydrogen-bond acceptors (Lipinski definition) is 4. The molecule has 0 bridgehead atoms. The van der Waals surface area contributed by atoms with Gasteiger partial charge in [0.05, 0.1) is 30.5 Å². The predicted molar refractivity (Wildman–Crippen MR) is 90.4 cm³/mol. The third-order valence-corrected chi connectivity index (χ3v) is 5.21. The van der Waals surface area contributed by atoms with Gasteiger partial charge < -0.3 is 9.64 Å². The van der Waals surface area contributed by atoms with Crippen molar-refractivity contribution in [1.82, 2.24) is 4.90 Å². The van der Waals surface area contributed by atoms with Crippen LogP contribution in [0.4, 0.5) is 0 Å². The van der Waals surface area contributed by atoms with E-state index < -0.39 is 5.92 Å². The zero-order valence-electron chi connectivity index (χ0n) is 13.1. The topological polar surface area (TPSA) is 46.6 Å². The average molecular weight is 329 g/mol. The number of carbonyl (C=O) groups is 2. The smallest absolute Gasteiger partial charge is 0.313 e. The van der Waals surface area contributed by atoms with Gasteiger partial charge in [0.1, 0.15) is 0 Å². The summed E-state index contributed by atoms with van der Waals surface area (Å²) < 4.78 is 4.89. The number of rotatable bonds is 3. The average Bonchev–Trinajstić information content (AvgIpc) is 2.81. The van der Waals surface area contributed by atoms with Crippen LogP contribution in [-0.2, 0) is 20.9 Å². The van der Waals surface area contributed by atoms with E-state index in [0.717, 1.165) is 5.56 Å². The summed E-state index contributed by atoms with van der Waals surface area (Å²) in [7, 11) is 1.37. The Kier molecular flexibility index (Phi) is 4.31. The van der Waals surface area contributed by atoms with Gasteiger partial charge in [0.15, 0.2) is 0 Å². The van der Waals surface area contributed by atoms with Gasteiger partial charge >= 0.3 is 5.97 Å². The van der Waals surface area contributed by atoms with Crippen molar-refractivity contribution >= 4 is 29.1 Å². The summed E-state index contributed by atoms with van der Waals surface area (Å²) in [5.41, 5.74) is 1.03. The van der Waals surface area contributed by atoms with Gasteiger partial charge in [0.2, 0.25) is 5.91 Å². The van der Waals surface area contributed by atoms with Crippen molar-refractivity contribution in [3.05, 3.63) is 48.0 Å². The van der Waals surface area contributed by atoms with Gasteiger partial charge in [-0.05, 0) is 11.5 Å². The molecule has 0 spiro atoms. The van der Waals surface area contributed by atoms with Gasteiger partial charge in [-0.15, -0.1) is 0 Å². The molecule has 1 aromatic rings. The molecule has 4 nitrogen and oxygen atoms in total. The number of benzene rings is 1. The first kappa shape index (κ1) is 15.9. The minimum atomic E-state index is -0.474. The lowest BCUT2D eigenvalue weighted by Crippen LogP contribution is -2.36. The first-order valence-electron chi connectivity index (χ1n) is 7.70. The Morgan fingerprint density at radius 2 is 1.91 bits per heavy atom. The predicted octanol–water partition coefficient (Wildman–Crippen LogP) is 2.58. The first-order valence-corrected chi connectivity index (χ1v) is 8.10. The fourth-order valence-corrected chi connectivity index (χ4v) is 3.97. The number of fused-ring (bicyclic) bond motifs is 1. The van der Waals surface area contributed by atoms with E-state index in [1.165, 1.54) is 7.11 Å². The first-order chi connectivity index (χ1) is 11.0. The molecule has 1 heterocycles. The summed E-state index contributed by atoms with van der Waals surface area (Å²) in [6.07, 6.45) is 3.76. The van der Waals surface area contributed by atoms with Crippen LogP contribution < -0.4 is 0 Å². The molecule has 1 fully saturated rings. The Morgan fingerprint density at radius 1 is 1.22 bits per heavy atom. The van der Waals surface area contributed by atoms with E-state index in [2.05, 4.69) is 0 Å². The van der Waals surface area contributed by atoms with Crippen molar-refractivity contribution in [3.63, 3.8) is 0 Å². The van der Waals surface area contributed by atoms with Crippen LogP contribution in [0.5, 0.6) is 0 Å².